The number of aliphatic carboxylic acids is 1. The van der Waals surface area contributed by atoms with Crippen molar-refractivity contribution in [2.24, 2.45) is 0 Å². The first-order chi connectivity index (χ1) is 9.85. The van der Waals surface area contributed by atoms with Gasteiger partial charge in [0, 0.05) is 0 Å². The fraction of sp³-hybridized carbons (Fsp3) is 0.429. The summed E-state index contributed by atoms with van der Waals surface area (Å²) in [5.74, 6) is -0.487. The summed E-state index contributed by atoms with van der Waals surface area (Å²) in [7, 11) is 1.56. The molecule has 0 bridgehead atoms. The largest absolute Gasteiger partial charge is 0.497 e. The average Bonchev–Trinajstić information content (AvgIpc) is 2.46. The van der Waals surface area contributed by atoms with E-state index in [1.807, 2.05) is 0 Å². The summed E-state index contributed by atoms with van der Waals surface area (Å²) in [5.41, 5.74) is -1.98. The van der Waals surface area contributed by atoms with Crippen molar-refractivity contribution in [3.8, 4) is 11.5 Å². The summed E-state index contributed by atoms with van der Waals surface area (Å²) in [5, 5.41) is 20.5. The lowest BCUT2D eigenvalue weighted by Gasteiger charge is -2.18. The first-order valence-electron chi connectivity index (χ1n) is 6.34. The molecular formula is C14H19NO6. The highest BCUT2D eigenvalue weighted by molar-refractivity contribution is 5.80. The van der Waals surface area contributed by atoms with Crippen LogP contribution in [0.3, 0.4) is 0 Å². The summed E-state index contributed by atoms with van der Waals surface area (Å²) in [6, 6.07) is 6.90. The van der Waals surface area contributed by atoms with Gasteiger partial charge in [0.1, 0.15) is 11.5 Å². The summed E-state index contributed by atoms with van der Waals surface area (Å²) >= 11 is 0. The quantitative estimate of drug-likeness (QED) is 0.642. The minimum atomic E-state index is -1.98. The number of hydrogen-bond acceptors (Lipinski definition) is 5. The monoisotopic (exact) mass is 297 g/mol. The molecular weight excluding hydrogens is 278 g/mol. The van der Waals surface area contributed by atoms with Crippen molar-refractivity contribution in [1.29, 1.82) is 0 Å². The van der Waals surface area contributed by atoms with Gasteiger partial charge in [0.05, 0.1) is 26.7 Å². The van der Waals surface area contributed by atoms with E-state index in [4.69, 9.17) is 14.6 Å². The highest BCUT2D eigenvalue weighted by Gasteiger charge is 2.30. The van der Waals surface area contributed by atoms with Gasteiger partial charge in [0.2, 0.25) is 5.91 Å². The minimum absolute atomic E-state index is 0.0573. The number of rotatable bonds is 8. The number of nitrogens with one attached hydrogen (secondary N) is 1. The Morgan fingerprint density at radius 3 is 2.33 bits per heavy atom. The smallest absolute Gasteiger partial charge is 0.337 e. The maximum absolute atomic E-state index is 11.5. The van der Waals surface area contributed by atoms with Gasteiger partial charge in [-0.05, 0) is 31.2 Å². The van der Waals surface area contributed by atoms with Gasteiger partial charge < -0.3 is 25.0 Å². The van der Waals surface area contributed by atoms with E-state index in [9.17, 15) is 14.7 Å². The minimum Gasteiger partial charge on any atom is -0.497 e. The third-order valence-corrected chi connectivity index (χ3v) is 2.75. The molecule has 116 valence electrons. The van der Waals surface area contributed by atoms with Gasteiger partial charge in [0.15, 0.2) is 5.60 Å². The molecule has 7 heteroatoms. The van der Waals surface area contributed by atoms with Gasteiger partial charge in [-0.1, -0.05) is 0 Å². The first kappa shape index (κ1) is 16.8. The normalized spacial score (nSPS) is 13.1. The van der Waals surface area contributed by atoms with Crippen LogP contribution in [-0.4, -0.2) is 48.0 Å². The second-order valence-corrected chi connectivity index (χ2v) is 4.63. The molecule has 0 radical (unpaired) electrons. The number of methoxy groups -OCH3 is 1. The van der Waals surface area contributed by atoms with E-state index in [1.165, 1.54) is 0 Å². The van der Waals surface area contributed by atoms with Crippen LogP contribution in [0.25, 0.3) is 0 Å². The Labute approximate surface area is 122 Å². The fourth-order valence-electron chi connectivity index (χ4n) is 1.37. The van der Waals surface area contributed by atoms with Gasteiger partial charge in [-0.15, -0.1) is 0 Å². The van der Waals surface area contributed by atoms with Crippen molar-refractivity contribution in [2.45, 2.75) is 18.9 Å². The lowest BCUT2D eigenvalue weighted by atomic mass is 10.1. The average molecular weight is 297 g/mol. The van der Waals surface area contributed by atoms with E-state index >= 15 is 0 Å². The van der Waals surface area contributed by atoms with Gasteiger partial charge >= 0.3 is 5.97 Å². The highest BCUT2D eigenvalue weighted by Crippen LogP contribution is 2.16. The Morgan fingerprint density at radius 1 is 1.24 bits per heavy atom. The Balaban J connectivity index is 2.28. The SMILES string of the molecule is COc1ccc(OCCC(=O)NCC(C)(O)C(=O)O)cc1. The number of hydrogen-bond donors (Lipinski definition) is 3. The molecule has 0 saturated carbocycles. The first-order valence-corrected chi connectivity index (χ1v) is 6.34. The van der Waals surface area contributed by atoms with Crippen LogP contribution in [0.15, 0.2) is 24.3 Å². The van der Waals surface area contributed by atoms with E-state index in [-0.39, 0.29) is 19.6 Å². The molecule has 21 heavy (non-hydrogen) atoms. The second-order valence-electron chi connectivity index (χ2n) is 4.63. The maximum atomic E-state index is 11.5. The molecule has 1 rings (SSSR count). The Hall–Kier alpha value is -2.28. The number of aliphatic hydroxyl groups is 1. The van der Waals surface area contributed by atoms with Crippen LogP contribution in [0.2, 0.25) is 0 Å². The standard InChI is InChI=1S/C14H19NO6/c1-14(19,13(17)18)9-15-12(16)7-8-21-11-5-3-10(20-2)4-6-11/h3-6,19H,7-9H2,1-2H3,(H,15,16)(H,17,18). The lowest BCUT2D eigenvalue weighted by Crippen LogP contribution is -2.46. The third-order valence-electron chi connectivity index (χ3n) is 2.75. The maximum Gasteiger partial charge on any atom is 0.337 e. The third kappa shape index (κ3) is 5.70. The van der Waals surface area contributed by atoms with E-state index in [0.717, 1.165) is 6.92 Å². The molecule has 1 aromatic carbocycles. The molecule has 0 aliphatic rings. The fourth-order valence-corrected chi connectivity index (χ4v) is 1.37. The van der Waals surface area contributed by atoms with E-state index in [0.29, 0.717) is 11.5 Å². The number of carbonyl (C=O) groups is 2. The molecule has 0 spiro atoms. The topological polar surface area (TPSA) is 105 Å². The lowest BCUT2D eigenvalue weighted by molar-refractivity contribution is -0.156. The number of amides is 1. The van der Waals surface area contributed by atoms with Gasteiger partial charge in [-0.3, -0.25) is 4.79 Å². The molecule has 0 heterocycles. The molecule has 0 aliphatic carbocycles. The number of ether oxygens (including phenoxy) is 2. The van der Waals surface area contributed by atoms with Crippen LogP contribution in [0.4, 0.5) is 0 Å². The second kappa shape index (κ2) is 7.49. The highest BCUT2D eigenvalue weighted by atomic mass is 16.5. The predicted molar refractivity (Wildman–Crippen MR) is 74.4 cm³/mol. The Bertz CT molecular complexity index is 483. The van der Waals surface area contributed by atoms with Crippen LogP contribution in [0.5, 0.6) is 11.5 Å². The molecule has 0 saturated heterocycles. The molecule has 3 N–H and O–H groups in total. The molecule has 1 aromatic rings. The van der Waals surface area contributed by atoms with Crippen LogP contribution >= 0.6 is 0 Å². The number of carbonyl (C=O) groups excluding carboxylic acids is 1. The van der Waals surface area contributed by atoms with Crippen molar-refractivity contribution in [3.63, 3.8) is 0 Å². The molecule has 1 unspecified atom stereocenters. The Kier molecular flexibility index (Phi) is 5.98. The molecule has 0 aliphatic heterocycles. The van der Waals surface area contributed by atoms with E-state index < -0.39 is 17.5 Å². The van der Waals surface area contributed by atoms with Crippen molar-refractivity contribution >= 4 is 11.9 Å². The number of benzene rings is 1. The molecule has 7 nitrogen and oxygen atoms in total. The molecule has 1 atom stereocenters. The number of carboxylic acid groups (broad SMARTS) is 1. The van der Waals surface area contributed by atoms with Crippen LogP contribution in [-0.2, 0) is 9.59 Å². The van der Waals surface area contributed by atoms with Gasteiger partial charge in [-0.2, -0.15) is 0 Å². The van der Waals surface area contributed by atoms with Crippen molar-refractivity contribution in [3.05, 3.63) is 24.3 Å². The molecule has 0 aromatic heterocycles. The Morgan fingerprint density at radius 2 is 1.81 bits per heavy atom. The zero-order valence-corrected chi connectivity index (χ0v) is 12.0. The van der Waals surface area contributed by atoms with Crippen molar-refractivity contribution < 1.29 is 29.3 Å². The molecule has 0 fully saturated rings. The number of carboxylic acids is 1. The van der Waals surface area contributed by atoms with Crippen LogP contribution < -0.4 is 14.8 Å². The van der Waals surface area contributed by atoms with Gasteiger partial charge in [-0.25, -0.2) is 4.79 Å². The van der Waals surface area contributed by atoms with Crippen molar-refractivity contribution in [1.82, 2.24) is 5.32 Å². The molecule has 1 amide bonds. The van der Waals surface area contributed by atoms with Gasteiger partial charge in [0.25, 0.3) is 0 Å². The summed E-state index contributed by atoms with van der Waals surface area (Å²) in [6.45, 7) is 0.903. The zero-order chi connectivity index (χ0) is 15.9. The summed E-state index contributed by atoms with van der Waals surface area (Å²) in [4.78, 5) is 22.1. The van der Waals surface area contributed by atoms with Crippen molar-refractivity contribution in [2.75, 3.05) is 20.3 Å². The van der Waals surface area contributed by atoms with E-state index in [1.54, 1.807) is 31.4 Å². The summed E-state index contributed by atoms with van der Waals surface area (Å²) in [6.07, 6.45) is 0.0573. The summed E-state index contributed by atoms with van der Waals surface area (Å²) < 4.78 is 10.4. The predicted octanol–water partition coefficient (Wildman–Crippen LogP) is 0.416. The zero-order valence-electron chi connectivity index (χ0n) is 12.0. The van der Waals surface area contributed by atoms with Crippen LogP contribution in [0.1, 0.15) is 13.3 Å². The van der Waals surface area contributed by atoms with Crippen LogP contribution in [0, 0.1) is 0 Å². The van der Waals surface area contributed by atoms with E-state index in [2.05, 4.69) is 5.32 Å².